The molecule has 0 aliphatic carbocycles. The fourth-order valence-electron chi connectivity index (χ4n) is 2.20. The molecule has 0 aliphatic heterocycles. The summed E-state index contributed by atoms with van der Waals surface area (Å²) in [5, 5.41) is 14.0. The summed E-state index contributed by atoms with van der Waals surface area (Å²) in [7, 11) is 0. The SMILES string of the molecule is Cc1cc(OCC(=O)N/C(=C/c2ccc(F)cc2)C(=O)[O-])cc(C)c1Cl. The number of carboxylic acids is 1. The van der Waals surface area contributed by atoms with Crippen molar-refractivity contribution in [3.63, 3.8) is 0 Å². The zero-order valence-corrected chi connectivity index (χ0v) is 14.9. The van der Waals surface area contributed by atoms with Crippen LogP contribution in [0.1, 0.15) is 16.7 Å². The first-order valence-electron chi connectivity index (χ1n) is 7.64. The Morgan fingerprint density at radius 1 is 1.19 bits per heavy atom. The number of hydrogen-bond acceptors (Lipinski definition) is 4. The standard InChI is InChI=1S/C19H17ClFNO4/c1-11-7-15(8-12(2)18(11)20)26-10-17(23)22-16(19(24)25)9-13-3-5-14(21)6-4-13/h3-9H,10H2,1-2H3,(H,22,23)(H,24,25)/p-1/b16-9+. The van der Waals surface area contributed by atoms with Gasteiger partial charge < -0.3 is 20.0 Å². The predicted octanol–water partition coefficient (Wildman–Crippen LogP) is 2.38. The van der Waals surface area contributed by atoms with Crippen LogP contribution in [0.5, 0.6) is 5.75 Å². The van der Waals surface area contributed by atoms with Gasteiger partial charge in [-0.25, -0.2) is 4.39 Å². The summed E-state index contributed by atoms with van der Waals surface area (Å²) in [5.74, 6) is -2.26. The van der Waals surface area contributed by atoms with E-state index >= 15 is 0 Å². The third-order valence-corrected chi connectivity index (χ3v) is 4.05. The van der Waals surface area contributed by atoms with Crippen LogP contribution in [0.4, 0.5) is 4.39 Å². The number of rotatable bonds is 6. The Morgan fingerprint density at radius 3 is 2.31 bits per heavy atom. The van der Waals surface area contributed by atoms with E-state index in [1.54, 1.807) is 12.1 Å². The molecule has 1 N–H and O–H groups in total. The van der Waals surface area contributed by atoms with E-state index in [9.17, 15) is 19.1 Å². The van der Waals surface area contributed by atoms with Crippen LogP contribution in [0, 0.1) is 19.7 Å². The number of ether oxygens (including phenoxy) is 1. The molecule has 0 heterocycles. The number of amides is 1. The van der Waals surface area contributed by atoms with E-state index in [4.69, 9.17) is 16.3 Å². The second kappa shape index (κ2) is 8.49. The number of halogens is 2. The first kappa shape index (κ1) is 19.5. The second-order valence-electron chi connectivity index (χ2n) is 5.60. The molecule has 1 amide bonds. The molecule has 0 saturated heterocycles. The second-order valence-corrected chi connectivity index (χ2v) is 5.98. The summed E-state index contributed by atoms with van der Waals surface area (Å²) in [6.45, 7) is 3.22. The molecule has 2 aromatic rings. The van der Waals surface area contributed by atoms with Gasteiger partial charge in [0.2, 0.25) is 0 Å². The normalized spacial score (nSPS) is 11.2. The van der Waals surface area contributed by atoms with Gasteiger partial charge >= 0.3 is 0 Å². The highest BCUT2D eigenvalue weighted by Gasteiger charge is 2.09. The van der Waals surface area contributed by atoms with Crippen LogP contribution in [0.15, 0.2) is 42.1 Å². The molecule has 7 heteroatoms. The molecular weight excluding hydrogens is 361 g/mol. The number of carbonyl (C=O) groups excluding carboxylic acids is 2. The van der Waals surface area contributed by atoms with Crippen molar-refractivity contribution < 1.29 is 23.8 Å². The monoisotopic (exact) mass is 376 g/mol. The molecule has 0 saturated carbocycles. The maximum atomic E-state index is 12.9. The molecular formula is C19H16ClFNO4-. The van der Waals surface area contributed by atoms with Crippen molar-refractivity contribution in [2.45, 2.75) is 13.8 Å². The Bertz CT molecular complexity index is 839. The third kappa shape index (κ3) is 5.32. The zero-order valence-electron chi connectivity index (χ0n) is 14.1. The first-order valence-corrected chi connectivity index (χ1v) is 8.02. The van der Waals surface area contributed by atoms with Gasteiger partial charge in [0.05, 0.1) is 11.7 Å². The first-order chi connectivity index (χ1) is 12.3. The van der Waals surface area contributed by atoms with Crippen molar-refractivity contribution in [3.05, 3.63) is 69.6 Å². The quantitative estimate of drug-likeness (QED) is 0.785. The number of aryl methyl sites for hydroxylation is 2. The Hall–Kier alpha value is -2.86. The molecule has 0 bridgehead atoms. The molecule has 0 aliphatic rings. The lowest BCUT2D eigenvalue weighted by Crippen LogP contribution is -2.37. The molecule has 0 radical (unpaired) electrons. The Morgan fingerprint density at radius 2 is 1.77 bits per heavy atom. The summed E-state index contributed by atoms with van der Waals surface area (Å²) < 4.78 is 18.3. The Kier molecular flexibility index (Phi) is 6.36. The van der Waals surface area contributed by atoms with Crippen molar-refractivity contribution in [3.8, 4) is 5.75 Å². The zero-order chi connectivity index (χ0) is 19.3. The average Bonchev–Trinajstić information content (AvgIpc) is 2.59. The number of benzene rings is 2. The maximum Gasteiger partial charge on any atom is 0.262 e. The number of carbonyl (C=O) groups is 2. The number of carboxylic acid groups (broad SMARTS) is 1. The number of hydrogen-bond donors (Lipinski definition) is 1. The van der Waals surface area contributed by atoms with Crippen LogP contribution in [-0.2, 0) is 9.59 Å². The largest absolute Gasteiger partial charge is 0.543 e. The topological polar surface area (TPSA) is 78.5 Å². The average molecular weight is 377 g/mol. The van der Waals surface area contributed by atoms with Crippen molar-refractivity contribution >= 4 is 29.6 Å². The van der Waals surface area contributed by atoms with Gasteiger partial charge in [0.1, 0.15) is 11.6 Å². The van der Waals surface area contributed by atoms with E-state index in [1.165, 1.54) is 30.3 Å². The lowest BCUT2D eigenvalue weighted by Gasteiger charge is -2.13. The summed E-state index contributed by atoms with van der Waals surface area (Å²) in [6.07, 6.45) is 1.17. The van der Waals surface area contributed by atoms with Crippen molar-refractivity contribution in [1.29, 1.82) is 0 Å². The van der Waals surface area contributed by atoms with Gasteiger partial charge in [-0.05, 0) is 60.9 Å². The van der Waals surface area contributed by atoms with Crippen molar-refractivity contribution in [1.82, 2.24) is 5.32 Å². The summed E-state index contributed by atoms with van der Waals surface area (Å²) in [6, 6.07) is 8.46. The van der Waals surface area contributed by atoms with Crippen molar-refractivity contribution in [2.24, 2.45) is 0 Å². The fourth-order valence-corrected chi connectivity index (χ4v) is 2.31. The lowest BCUT2D eigenvalue weighted by molar-refractivity contribution is -0.299. The van der Waals surface area contributed by atoms with E-state index in [-0.39, 0.29) is 0 Å². The minimum atomic E-state index is -1.57. The van der Waals surface area contributed by atoms with Crippen LogP contribution in [0.25, 0.3) is 6.08 Å². The van der Waals surface area contributed by atoms with E-state index < -0.39 is 30.0 Å². The van der Waals surface area contributed by atoms with Gasteiger partial charge in [0.25, 0.3) is 5.91 Å². The molecule has 136 valence electrons. The maximum absolute atomic E-state index is 12.9. The van der Waals surface area contributed by atoms with Gasteiger partial charge in [0.15, 0.2) is 6.61 Å². The van der Waals surface area contributed by atoms with Gasteiger partial charge in [-0.3, -0.25) is 4.79 Å². The minimum absolute atomic E-state index is 0.394. The predicted molar refractivity (Wildman–Crippen MR) is 93.9 cm³/mol. The number of nitrogens with one attached hydrogen (secondary N) is 1. The highest BCUT2D eigenvalue weighted by Crippen LogP contribution is 2.25. The minimum Gasteiger partial charge on any atom is -0.543 e. The lowest BCUT2D eigenvalue weighted by atomic mass is 10.1. The van der Waals surface area contributed by atoms with E-state index in [1.807, 2.05) is 13.8 Å². The Balaban J connectivity index is 2.04. The van der Waals surface area contributed by atoms with Crippen LogP contribution in [-0.4, -0.2) is 18.5 Å². The molecule has 5 nitrogen and oxygen atoms in total. The van der Waals surface area contributed by atoms with E-state index in [0.717, 1.165) is 11.1 Å². The molecule has 0 unspecified atom stereocenters. The fraction of sp³-hybridized carbons (Fsp3) is 0.158. The summed E-state index contributed by atoms with van der Waals surface area (Å²) in [5.41, 5.74) is 1.55. The van der Waals surface area contributed by atoms with Gasteiger partial charge in [-0.2, -0.15) is 0 Å². The summed E-state index contributed by atoms with van der Waals surface area (Å²) >= 11 is 6.06. The van der Waals surface area contributed by atoms with E-state index in [2.05, 4.69) is 5.32 Å². The smallest absolute Gasteiger partial charge is 0.262 e. The Labute approximate surface area is 155 Å². The summed E-state index contributed by atoms with van der Waals surface area (Å²) in [4.78, 5) is 23.1. The molecule has 2 aromatic carbocycles. The molecule has 0 aromatic heterocycles. The molecule has 0 atom stereocenters. The number of aliphatic carboxylic acids is 1. The molecule has 26 heavy (non-hydrogen) atoms. The highest BCUT2D eigenvalue weighted by atomic mass is 35.5. The molecule has 0 fully saturated rings. The molecule has 0 spiro atoms. The van der Waals surface area contributed by atoms with Crippen LogP contribution >= 0.6 is 11.6 Å². The van der Waals surface area contributed by atoms with Crippen LogP contribution in [0.2, 0.25) is 5.02 Å². The van der Waals surface area contributed by atoms with Crippen molar-refractivity contribution in [2.75, 3.05) is 6.61 Å². The van der Waals surface area contributed by atoms with Gasteiger partial charge in [-0.1, -0.05) is 23.7 Å². The van der Waals surface area contributed by atoms with E-state index in [0.29, 0.717) is 16.3 Å². The van der Waals surface area contributed by atoms with Gasteiger partial charge in [0, 0.05) is 5.02 Å². The van der Waals surface area contributed by atoms with Gasteiger partial charge in [-0.15, -0.1) is 0 Å². The molecule has 2 rings (SSSR count). The third-order valence-electron chi connectivity index (χ3n) is 3.45. The highest BCUT2D eigenvalue weighted by molar-refractivity contribution is 6.32. The van der Waals surface area contributed by atoms with Crippen LogP contribution < -0.4 is 15.2 Å². The van der Waals surface area contributed by atoms with Crippen LogP contribution in [0.3, 0.4) is 0 Å².